The van der Waals surface area contributed by atoms with Crippen molar-refractivity contribution >= 4 is 28.8 Å². The lowest BCUT2D eigenvalue weighted by molar-refractivity contribution is 0.105. The first-order valence-electron chi connectivity index (χ1n) is 4.75. The Morgan fingerprint density at radius 1 is 1.00 bits per heavy atom. The van der Waals surface area contributed by atoms with Gasteiger partial charge in [-0.05, 0) is 23.1 Å². The largest absolute Gasteiger partial charge is 0.289 e. The number of benzene rings is 1. The minimum Gasteiger partial charge on any atom is -0.289 e. The normalized spacial score (nSPS) is 13.9. The van der Waals surface area contributed by atoms with Crippen molar-refractivity contribution in [2.45, 2.75) is 0 Å². The Morgan fingerprint density at radius 2 is 1.87 bits per heavy atom. The van der Waals surface area contributed by atoms with E-state index < -0.39 is 0 Å². The molecular weight excluding hydrogens is 204 g/mol. The zero-order chi connectivity index (χ0) is 10.3. The van der Waals surface area contributed by atoms with Crippen molar-refractivity contribution < 1.29 is 4.79 Å². The number of thiophene rings is 1. The van der Waals surface area contributed by atoms with Crippen molar-refractivity contribution in [2.24, 2.45) is 0 Å². The Kier molecular flexibility index (Phi) is 1.82. The van der Waals surface area contributed by atoms with Gasteiger partial charge in [0, 0.05) is 16.0 Å². The maximum Gasteiger partial charge on any atom is 0.195 e. The molecule has 0 N–H and O–H groups in total. The van der Waals surface area contributed by atoms with E-state index in [4.69, 9.17) is 0 Å². The second-order valence-corrected chi connectivity index (χ2v) is 4.40. The maximum absolute atomic E-state index is 12.0. The lowest BCUT2D eigenvalue weighted by Gasteiger charge is -1.96. The summed E-state index contributed by atoms with van der Waals surface area (Å²) in [5, 5.41) is 1.99. The minimum absolute atomic E-state index is 0.146. The third-order valence-electron chi connectivity index (χ3n) is 2.54. The van der Waals surface area contributed by atoms with Crippen molar-refractivity contribution in [1.82, 2.24) is 0 Å². The third kappa shape index (κ3) is 1.26. The van der Waals surface area contributed by atoms with Crippen molar-refractivity contribution in [3.8, 4) is 0 Å². The van der Waals surface area contributed by atoms with Crippen LogP contribution in [-0.4, -0.2) is 5.78 Å². The number of carbonyl (C=O) groups is 1. The highest BCUT2D eigenvalue weighted by molar-refractivity contribution is 7.11. The minimum atomic E-state index is 0.146. The number of Topliss-reactive ketones (excluding diaryl/α,β-unsaturated/α-hetero) is 1. The maximum atomic E-state index is 12.0. The molecule has 2 heteroatoms. The SMILES string of the molecule is O=C1C(c2cccs2)=Cc2ccccc21. The first kappa shape index (κ1) is 8.62. The van der Waals surface area contributed by atoms with Crippen LogP contribution in [0.25, 0.3) is 11.6 Å². The second-order valence-electron chi connectivity index (χ2n) is 3.45. The van der Waals surface area contributed by atoms with Crippen molar-refractivity contribution in [3.63, 3.8) is 0 Å². The van der Waals surface area contributed by atoms with Crippen LogP contribution in [0.2, 0.25) is 0 Å². The summed E-state index contributed by atoms with van der Waals surface area (Å²) >= 11 is 1.61. The molecular formula is C13H8OS. The summed E-state index contributed by atoms with van der Waals surface area (Å²) < 4.78 is 0. The summed E-state index contributed by atoms with van der Waals surface area (Å²) in [6.07, 6.45) is 1.98. The molecule has 1 aliphatic rings. The number of fused-ring (bicyclic) bond motifs is 1. The Hall–Kier alpha value is -1.67. The molecule has 72 valence electrons. The smallest absolute Gasteiger partial charge is 0.195 e. The highest BCUT2D eigenvalue weighted by Crippen LogP contribution is 2.33. The summed E-state index contributed by atoms with van der Waals surface area (Å²) in [7, 11) is 0. The molecule has 1 heterocycles. The molecule has 1 aromatic heterocycles. The lowest BCUT2D eigenvalue weighted by Crippen LogP contribution is -1.95. The van der Waals surface area contributed by atoms with Crippen LogP contribution < -0.4 is 0 Å². The Balaban J connectivity index is 2.15. The molecule has 0 saturated heterocycles. The molecule has 0 saturated carbocycles. The topological polar surface area (TPSA) is 17.1 Å². The highest BCUT2D eigenvalue weighted by Gasteiger charge is 2.23. The van der Waals surface area contributed by atoms with Gasteiger partial charge in [-0.2, -0.15) is 0 Å². The van der Waals surface area contributed by atoms with Crippen LogP contribution in [0, 0.1) is 0 Å². The summed E-state index contributed by atoms with van der Waals surface area (Å²) in [5.74, 6) is 0.146. The fraction of sp³-hybridized carbons (Fsp3) is 0. The molecule has 0 amide bonds. The fourth-order valence-electron chi connectivity index (χ4n) is 1.81. The van der Waals surface area contributed by atoms with Crippen LogP contribution in [0.5, 0.6) is 0 Å². The van der Waals surface area contributed by atoms with E-state index in [1.165, 1.54) is 0 Å². The van der Waals surface area contributed by atoms with Crippen molar-refractivity contribution in [3.05, 3.63) is 57.8 Å². The first-order valence-corrected chi connectivity index (χ1v) is 5.63. The molecule has 1 nitrogen and oxygen atoms in total. The van der Waals surface area contributed by atoms with Crippen LogP contribution in [0.1, 0.15) is 20.8 Å². The summed E-state index contributed by atoms with van der Waals surface area (Å²) in [5.41, 5.74) is 2.68. The van der Waals surface area contributed by atoms with Gasteiger partial charge in [-0.25, -0.2) is 0 Å². The fourth-order valence-corrected chi connectivity index (χ4v) is 2.55. The van der Waals surface area contributed by atoms with Gasteiger partial charge in [0.15, 0.2) is 5.78 Å². The van der Waals surface area contributed by atoms with E-state index in [0.717, 1.165) is 21.6 Å². The Morgan fingerprint density at radius 3 is 2.60 bits per heavy atom. The van der Waals surface area contributed by atoms with E-state index in [1.807, 2.05) is 47.9 Å². The Bertz CT molecular complexity index is 550. The van der Waals surface area contributed by atoms with Crippen molar-refractivity contribution in [2.75, 3.05) is 0 Å². The predicted octanol–water partition coefficient (Wildman–Crippen LogP) is 3.49. The molecule has 0 aliphatic heterocycles. The van der Waals surface area contributed by atoms with Gasteiger partial charge in [0.05, 0.1) is 0 Å². The monoisotopic (exact) mass is 212 g/mol. The van der Waals surface area contributed by atoms with Gasteiger partial charge in [0.2, 0.25) is 0 Å². The van der Waals surface area contributed by atoms with E-state index in [2.05, 4.69) is 0 Å². The number of rotatable bonds is 1. The number of allylic oxidation sites excluding steroid dienone is 1. The molecule has 0 radical (unpaired) electrons. The molecule has 2 aromatic rings. The van der Waals surface area contributed by atoms with Crippen LogP contribution in [0.3, 0.4) is 0 Å². The van der Waals surface area contributed by atoms with E-state index >= 15 is 0 Å². The molecule has 0 spiro atoms. The van der Waals surface area contributed by atoms with Gasteiger partial charge < -0.3 is 0 Å². The average Bonchev–Trinajstić information content (AvgIpc) is 2.87. The van der Waals surface area contributed by atoms with E-state index in [9.17, 15) is 4.79 Å². The quantitative estimate of drug-likeness (QED) is 0.707. The molecule has 1 aromatic carbocycles. The number of hydrogen-bond donors (Lipinski definition) is 0. The molecule has 0 fully saturated rings. The number of ketones is 1. The molecule has 3 rings (SSSR count). The second kappa shape index (κ2) is 3.17. The van der Waals surface area contributed by atoms with Crippen LogP contribution in [-0.2, 0) is 0 Å². The molecule has 0 atom stereocenters. The van der Waals surface area contributed by atoms with Crippen molar-refractivity contribution in [1.29, 1.82) is 0 Å². The molecule has 1 aliphatic carbocycles. The molecule has 15 heavy (non-hydrogen) atoms. The van der Waals surface area contributed by atoms with E-state index in [-0.39, 0.29) is 5.78 Å². The van der Waals surface area contributed by atoms with Gasteiger partial charge >= 0.3 is 0 Å². The van der Waals surface area contributed by atoms with Gasteiger partial charge in [-0.15, -0.1) is 11.3 Å². The van der Waals surface area contributed by atoms with E-state index in [1.54, 1.807) is 11.3 Å². The number of carbonyl (C=O) groups excluding carboxylic acids is 1. The molecule has 0 bridgehead atoms. The first-order chi connectivity index (χ1) is 7.36. The van der Waals surface area contributed by atoms with E-state index in [0.29, 0.717) is 0 Å². The summed E-state index contributed by atoms with van der Waals surface area (Å²) in [4.78, 5) is 13.1. The Labute approximate surface area is 91.7 Å². The van der Waals surface area contributed by atoms with Gasteiger partial charge in [0.25, 0.3) is 0 Å². The highest BCUT2D eigenvalue weighted by atomic mass is 32.1. The third-order valence-corrected chi connectivity index (χ3v) is 3.44. The number of hydrogen-bond acceptors (Lipinski definition) is 2. The lowest BCUT2D eigenvalue weighted by atomic mass is 10.1. The zero-order valence-corrected chi connectivity index (χ0v) is 8.75. The predicted molar refractivity (Wildman–Crippen MR) is 63.0 cm³/mol. The zero-order valence-electron chi connectivity index (χ0n) is 7.94. The van der Waals surface area contributed by atoms with Crippen LogP contribution in [0.4, 0.5) is 0 Å². The van der Waals surface area contributed by atoms with Crippen LogP contribution >= 0.6 is 11.3 Å². The average molecular weight is 212 g/mol. The van der Waals surface area contributed by atoms with Gasteiger partial charge in [-0.3, -0.25) is 4.79 Å². The van der Waals surface area contributed by atoms with Gasteiger partial charge in [-0.1, -0.05) is 30.3 Å². The summed E-state index contributed by atoms with van der Waals surface area (Å²) in [6, 6.07) is 11.7. The molecule has 0 unspecified atom stereocenters. The van der Waals surface area contributed by atoms with Gasteiger partial charge in [0.1, 0.15) is 0 Å². The summed E-state index contributed by atoms with van der Waals surface area (Å²) in [6.45, 7) is 0. The van der Waals surface area contributed by atoms with Crippen LogP contribution in [0.15, 0.2) is 41.8 Å². The standard InChI is InChI=1S/C13H8OS/c14-13-10-5-2-1-4-9(10)8-11(13)12-6-3-7-15-12/h1-8H.